The molecule has 0 saturated carbocycles. The van der Waals surface area contributed by atoms with Crippen molar-refractivity contribution in [1.82, 2.24) is 9.80 Å². The van der Waals surface area contributed by atoms with E-state index in [9.17, 15) is 9.59 Å². The molecule has 3 rings (SSSR count). The molecule has 130 valence electrons. The lowest BCUT2D eigenvalue weighted by Gasteiger charge is -2.29. The van der Waals surface area contributed by atoms with Crippen LogP contribution in [-0.2, 0) is 14.3 Å². The van der Waals surface area contributed by atoms with Crippen LogP contribution in [0.1, 0.15) is 6.42 Å². The number of morpholine rings is 1. The van der Waals surface area contributed by atoms with E-state index in [1.54, 1.807) is 4.90 Å². The van der Waals surface area contributed by atoms with Gasteiger partial charge in [-0.25, -0.2) is 0 Å². The summed E-state index contributed by atoms with van der Waals surface area (Å²) in [7, 11) is 1.81. The van der Waals surface area contributed by atoms with Gasteiger partial charge in [0.2, 0.25) is 11.8 Å². The van der Waals surface area contributed by atoms with Gasteiger partial charge in [-0.3, -0.25) is 14.5 Å². The SMILES string of the molecule is CN(CCN1CCOCC1)C(=O)C[C@@H]1Sc2ccccc2NC1=O. The van der Waals surface area contributed by atoms with Crippen LogP contribution in [0.2, 0.25) is 0 Å². The van der Waals surface area contributed by atoms with Crippen molar-refractivity contribution >= 4 is 29.3 Å². The Morgan fingerprint density at radius 2 is 2.12 bits per heavy atom. The molecule has 7 heteroatoms. The molecule has 2 amide bonds. The van der Waals surface area contributed by atoms with Crippen LogP contribution in [0.4, 0.5) is 5.69 Å². The average Bonchev–Trinajstić information content (AvgIpc) is 2.61. The molecule has 1 aromatic rings. The van der Waals surface area contributed by atoms with Gasteiger partial charge in [0.05, 0.1) is 24.2 Å². The van der Waals surface area contributed by atoms with Crippen LogP contribution in [0, 0.1) is 0 Å². The van der Waals surface area contributed by atoms with Crippen LogP contribution < -0.4 is 5.32 Å². The van der Waals surface area contributed by atoms with Gasteiger partial charge < -0.3 is 15.0 Å². The number of nitrogens with zero attached hydrogens (tertiary/aromatic N) is 2. The fourth-order valence-electron chi connectivity index (χ4n) is 2.78. The van der Waals surface area contributed by atoms with Gasteiger partial charge in [0.15, 0.2) is 0 Å². The standard InChI is InChI=1S/C17H23N3O3S/c1-19(6-7-20-8-10-23-11-9-20)16(21)12-15-17(22)18-13-4-2-3-5-14(13)24-15/h2-5,15H,6-12H2,1H3,(H,18,22)/t15-/m0/s1. The largest absolute Gasteiger partial charge is 0.379 e. The fourth-order valence-corrected chi connectivity index (χ4v) is 3.88. The Morgan fingerprint density at radius 1 is 1.38 bits per heavy atom. The molecule has 0 bridgehead atoms. The van der Waals surface area contributed by atoms with Crippen molar-refractivity contribution in [3.05, 3.63) is 24.3 Å². The molecule has 1 fully saturated rings. The van der Waals surface area contributed by atoms with Crippen molar-refractivity contribution in [1.29, 1.82) is 0 Å². The van der Waals surface area contributed by atoms with Crippen LogP contribution in [0.3, 0.4) is 0 Å². The highest BCUT2D eigenvalue weighted by atomic mass is 32.2. The number of anilines is 1. The molecule has 6 nitrogen and oxygen atoms in total. The van der Waals surface area contributed by atoms with Crippen LogP contribution >= 0.6 is 11.8 Å². The molecule has 0 radical (unpaired) electrons. The monoisotopic (exact) mass is 349 g/mol. The maximum Gasteiger partial charge on any atom is 0.238 e. The number of ether oxygens (including phenoxy) is 1. The number of hydrogen-bond acceptors (Lipinski definition) is 5. The number of fused-ring (bicyclic) bond motifs is 1. The van der Waals surface area contributed by atoms with Gasteiger partial charge in [-0.05, 0) is 12.1 Å². The molecule has 0 aliphatic carbocycles. The predicted octanol–water partition coefficient (Wildman–Crippen LogP) is 1.28. The molecule has 24 heavy (non-hydrogen) atoms. The fraction of sp³-hybridized carbons (Fsp3) is 0.529. The van der Waals surface area contributed by atoms with Crippen LogP contribution in [0.5, 0.6) is 0 Å². The summed E-state index contributed by atoms with van der Waals surface area (Å²) in [6, 6.07) is 7.69. The molecule has 0 unspecified atom stereocenters. The third kappa shape index (κ3) is 4.28. The van der Waals surface area contributed by atoms with E-state index < -0.39 is 0 Å². The van der Waals surface area contributed by atoms with Gasteiger partial charge in [0.25, 0.3) is 0 Å². The minimum absolute atomic E-state index is 0.00953. The molecule has 1 aromatic carbocycles. The molecular weight excluding hydrogens is 326 g/mol. The van der Waals surface area contributed by atoms with Gasteiger partial charge >= 0.3 is 0 Å². The highest BCUT2D eigenvalue weighted by Gasteiger charge is 2.29. The normalized spacial score (nSPS) is 21.0. The summed E-state index contributed by atoms with van der Waals surface area (Å²) in [5.41, 5.74) is 0.830. The third-order valence-corrected chi connectivity index (χ3v) is 5.62. The van der Waals surface area contributed by atoms with Gasteiger partial charge in [-0.2, -0.15) is 0 Å². The number of hydrogen-bond donors (Lipinski definition) is 1. The van der Waals surface area contributed by atoms with Gasteiger partial charge in [0, 0.05) is 44.5 Å². The summed E-state index contributed by atoms with van der Waals surface area (Å²) in [4.78, 5) is 29.7. The number of likely N-dealkylation sites (N-methyl/N-ethyl adjacent to an activating group) is 1. The first-order valence-electron chi connectivity index (χ1n) is 8.24. The Kier molecular flexibility index (Phi) is 5.76. The van der Waals surface area contributed by atoms with E-state index in [2.05, 4.69) is 10.2 Å². The Morgan fingerprint density at radius 3 is 2.92 bits per heavy atom. The lowest BCUT2D eigenvalue weighted by atomic mass is 10.2. The molecule has 2 aliphatic rings. The summed E-state index contributed by atoms with van der Waals surface area (Å²) < 4.78 is 5.33. The zero-order valence-electron chi connectivity index (χ0n) is 13.9. The summed E-state index contributed by atoms with van der Waals surface area (Å²) in [6.45, 7) is 4.87. The lowest BCUT2D eigenvalue weighted by Crippen LogP contribution is -2.43. The van der Waals surface area contributed by atoms with Crippen molar-refractivity contribution < 1.29 is 14.3 Å². The summed E-state index contributed by atoms with van der Waals surface area (Å²) >= 11 is 1.47. The second-order valence-corrected chi connectivity index (χ2v) is 7.31. The minimum Gasteiger partial charge on any atom is -0.379 e. The number of nitrogens with one attached hydrogen (secondary N) is 1. The van der Waals surface area contributed by atoms with E-state index in [1.807, 2.05) is 31.3 Å². The van der Waals surface area contributed by atoms with Crippen molar-refractivity contribution in [2.24, 2.45) is 0 Å². The third-order valence-electron chi connectivity index (χ3n) is 4.35. The van der Waals surface area contributed by atoms with E-state index in [1.165, 1.54) is 11.8 Å². The van der Waals surface area contributed by atoms with Crippen LogP contribution in [-0.4, -0.2) is 73.3 Å². The van der Waals surface area contributed by atoms with Gasteiger partial charge in [-0.15, -0.1) is 11.8 Å². The van der Waals surface area contributed by atoms with Gasteiger partial charge in [0.1, 0.15) is 0 Å². The highest BCUT2D eigenvalue weighted by Crippen LogP contribution is 2.36. The maximum atomic E-state index is 12.4. The number of para-hydroxylation sites is 1. The highest BCUT2D eigenvalue weighted by molar-refractivity contribution is 8.01. The second kappa shape index (κ2) is 8.00. The first kappa shape index (κ1) is 17.3. The summed E-state index contributed by atoms with van der Waals surface area (Å²) in [6.07, 6.45) is 0.227. The van der Waals surface area contributed by atoms with Crippen molar-refractivity contribution in [2.45, 2.75) is 16.6 Å². The van der Waals surface area contributed by atoms with E-state index >= 15 is 0 Å². The van der Waals surface area contributed by atoms with Gasteiger partial charge in [-0.1, -0.05) is 12.1 Å². The number of amides is 2. The number of benzene rings is 1. The Balaban J connectivity index is 1.49. The molecule has 2 aliphatic heterocycles. The van der Waals surface area contributed by atoms with Crippen molar-refractivity contribution in [3.63, 3.8) is 0 Å². The van der Waals surface area contributed by atoms with Crippen LogP contribution in [0.15, 0.2) is 29.2 Å². The quantitative estimate of drug-likeness (QED) is 0.868. The number of carbonyl (C=O) groups is 2. The number of thioether (sulfide) groups is 1. The maximum absolute atomic E-state index is 12.4. The zero-order chi connectivity index (χ0) is 16.9. The smallest absolute Gasteiger partial charge is 0.238 e. The molecular formula is C17H23N3O3S. The molecule has 2 heterocycles. The Hall–Kier alpha value is -1.57. The topological polar surface area (TPSA) is 61.9 Å². The average molecular weight is 349 g/mol. The number of rotatable bonds is 5. The van der Waals surface area contributed by atoms with Crippen LogP contribution in [0.25, 0.3) is 0 Å². The van der Waals surface area contributed by atoms with E-state index in [-0.39, 0.29) is 23.5 Å². The first-order valence-corrected chi connectivity index (χ1v) is 9.12. The zero-order valence-corrected chi connectivity index (χ0v) is 14.7. The van der Waals surface area contributed by atoms with E-state index in [0.29, 0.717) is 6.54 Å². The molecule has 1 atom stereocenters. The molecule has 0 aromatic heterocycles. The lowest BCUT2D eigenvalue weighted by molar-refractivity contribution is -0.131. The Labute approximate surface area is 146 Å². The summed E-state index contributed by atoms with van der Waals surface area (Å²) in [5, 5.41) is 2.52. The predicted molar refractivity (Wildman–Crippen MR) is 94.2 cm³/mol. The Bertz CT molecular complexity index is 604. The second-order valence-electron chi connectivity index (χ2n) is 6.07. The number of carbonyl (C=O) groups excluding carboxylic acids is 2. The first-order chi connectivity index (χ1) is 11.6. The molecule has 1 saturated heterocycles. The van der Waals surface area contributed by atoms with Crippen molar-refractivity contribution in [2.75, 3.05) is 51.8 Å². The molecule has 0 spiro atoms. The van der Waals surface area contributed by atoms with E-state index in [0.717, 1.165) is 43.4 Å². The van der Waals surface area contributed by atoms with Crippen molar-refractivity contribution in [3.8, 4) is 0 Å². The molecule has 1 N–H and O–H groups in total. The minimum atomic E-state index is -0.363. The summed E-state index contributed by atoms with van der Waals surface area (Å²) in [5.74, 6) is -0.0797. The van der Waals surface area contributed by atoms with E-state index in [4.69, 9.17) is 4.74 Å².